The maximum absolute atomic E-state index is 12.4. The summed E-state index contributed by atoms with van der Waals surface area (Å²) < 4.78 is 3.84. The van der Waals surface area contributed by atoms with E-state index in [-0.39, 0.29) is 5.91 Å². The summed E-state index contributed by atoms with van der Waals surface area (Å²) >= 11 is 0. The van der Waals surface area contributed by atoms with Crippen LogP contribution in [0.1, 0.15) is 36.4 Å². The molecule has 3 heterocycles. The smallest absolute Gasteiger partial charge is 0.224 e. The van der Waals surface area contributed by atoms with Crippen LogP contribution in [0.5, 0.6) is 0 Å². The fraction of sp³-hybridized carbons (Fsp3) is 0.562. The molecule has 2 aromatic heterocycles. The summed E-state index contributed by atoms with van der Waals surface area (Å²) in [7, 11) is 0. The van der Waals surface area contributed by atoms with Crippen LogP contribution in [0, 0.1) is 13.8 Å². The number of aromatic nitrogens is 4. The van der Waals surface area contributed by atoms with Crippen molar-refractivity contribution in [3.8, 4) is 0 Å². The van der Waals surface area contributed by atoms with Crippen molar-refractivity contribution in [2.75, 3.05) is 13.1 Å². The first-order valence-electron chi connectivity index (χ1n) is 7.89. The largest absolute Gasteiger partial charge is 0.340 e. The zero-order valence-corrected chi connectivity index (χ0v) is 13.3. The van der Waals surface area contributed by atoms with Gasteiger partial charge in [-0.15, -0.1) is 0 Å². The van der Waals surface area contributed by atoms with Crippen molar-refractivity contribution in [1.82, 2.24) is 24.5 Å². The Morgan fingerprint density at radius 3 is 2.68 bits per heavy atom. The van der Waals surface area contributed by atoms with Gasteiger partial charge in [0, 0.05) is 38.4 Å². The minimum atomic E-state index is 0.210. The molecule has 2 aromatic rings. The third kappa shape index (κ3) is 3.37. The van der Waals surface area contributed by atoms with Gasteiger partial charge in [0.15, 0.2) is 0 Å². The highest BCUT2D eigenvalue weighted by Crippen LogP contribution is 2.21. The topological polar surface area (TPSA) is 56.0 Å². The number of piperidine rings is 1. The van der Waals surface area contributed by atoms with Crippen molar-refractivity contribution in [3.05, 3.63) is 35.9 Å². The predicted molar refractivity (Wildman–Crippen MR) is 83.4 cm³/mol. The number of carbonyl (C=O) groups excluding carboxylic acids is 1. The van der Waals surface area contributed by atoms with Gasteiger partial charge in [-0.2, -0.15) is 10.2 Å². The number of hydrogen-bond acceptors (Lipinski definition) is 3. The minimum absolute atomic E-state index is 0.210. The van der Waals surface area contributed by atoms with Crippen molar-refractivity contribution in [3.63, 3.8) is 0 Å². The molecule has 0 spiro atoms. The average molecular weight is 301 g/mol. The molecule has 1 aliphatic rings. The van der Waals surface area contributed by atoms with Crippen LogP contribution < -0.4 is 0 Å². The van der Waals surface area contributed by atoms with Gasteiger partial charge in [-0.1, -0.05) is 0 Å². The average Bonchev–Trinajstić information content (AvgIpc) is 3.13. The van der Waals surface area contributed by atoms with E-state index in [4.69, 9.17) is 0 Å². The van der Waals surface area contributed by atoms with Gasteiger partial charge in [-0.3, -0.25) is 14.2 Å². The number of nitrogens with zero attached hydrogens (tertiary/aromatic N) is 5. The molecule has 0 bridgehead atoms. The molecule has 0 saturated carbocycles. The molecule has 1 fully saturated rings. The van der Waals surface area contributed by atoms with Crippen LogP contribution in [0.2, 0.25) is 0 Å². The molecule has 3 rings (SSSR count). The number of amides is 1. The van der Waals surface area contributed by atoms with E-state index < -0.39 is 0 Å². The Labute approximate surface area is 130 Å². The molecule has 22 heavy (non-hydrogen) atoms. The molecule has 0 aliphatic carbocycles. The van der Waals surface area contributed by atoms with E-state index in [1.54, 1.807) is 0 Å². The second-order valence-electron chi connectivity index (χ2n) is 6.16. The summed E-state index contributed by atoms with van der Waals surface area (Å²) in [5, 5.41) is 8.62. The highest BCUT2D eigenvalue weighted by molar-refractivity contribution is 5.76. The van der Waals surface area contributed by atoms with E-state index in [2.05, 4.69) is 16.4 Å². The Bertz CT molecular complexity index is 645. The third-order valence-electron chi connectivity index (χ3n) is 4.17. The van der Waals surface area contributed by atoms with Crippen LogP contribution >= 0.6 is 0 Å². The minimum Gasteiger partial charge on any atom is -0.340 e. The van der Waals surface area contributed by atoms with Crippen LogP contribution in [0.25, 0.3) is 0 Å². The van der Waals surface area contributed by atoms with E-state index in [1.807, 2.05) is 46.7 Å². The van der Waals surface area contributed by atoms with Gasteiger partial charge in [0.2, 0.25) is 5.91 Å². The Kier molecular flexibility index (Phi) is 4.27. The normalized spacial score (nSPS) is 18.6. The summed E-state index contributed by atoms with van der Waals surface area (Å²) in [6.45, 7) is 6.31. The van der Waals surface area contributed by atoms with E-state index in [9.17, 15) is 4.79 Å². The predicted octanol–water partition coefficient (Wildman–Crippen LogP) is 1.95. The molecule has 6 nitrogen and oxygen atoms in total. The highest BCUT2D eigenvalue weighted by atomic mass is 16.2. The zero-order valence-electron chi connectivity index (χ0n) is 13.3. The molecule has 0 radical (unpaired) electrons. The van der Waals surface area contributed by atoms with E-state index >= 15 is 0 Å². The Morgan fingerprint density at radius 2 is 2.00 bits per heavy atom. The standard InChI is InChI=1S/C16H23N5O/c1-13-8-17-20(10-13)7-5-16(22)19-6-3-4-15(12-19)21-11-14(2)9-18-21/h8-11,15H,3-7,12H2,1-2H3/t15-/m1/s1. The first kappa shape index (κ1) is 14.8. The molecule has 6 heteroatoms. The summed E-state index contributed by atoms with van der Waals surface area (Å²) in [4.78, 5) is 14.4. The van der Waals surface area contributed by atoms with Crippen LogP contribution in [-0.4, -0.2) is 43.5 Å². The Hall–Kier alpha value is -2.11. The fourth-order valence-corrected chi connectivity index (χ4v) is 2.99. The van der Waals surface area contributed by atoms with E-state index in [0.29, 0.717) is 19.0 Å². The Morgan fingerprint density at radius 1 is 1.23 bits per heavy atom. The number of hydrogen-bond donors (Lipinski definition) is 0. The van der Waals surface area contributed by atoms with Gasteiger partial charge < -0.3 is 4.90 Å². The van der Waals surface area contributed by atoms with Crippen molar-refractivity contribution in [1.29, 1.82) is 0 Å². The first-order valence-corrected chi connectivity index (χ1v) is 7.89. The maximum atomic E-state index is 12.4. The summed E-state index contributed by atoms with van der Waals surface area (Å²) in [6.07, 6.45) is 10.4. The molecule has 0 aromatic carbocycles. The molecule has 1 atom stereocenters. The fourth-order valence-electron chi connectivity index (χ4n) is 2.99. The second-order valence-corrected chi connectivity index (χ2v) is 6.16. The summed E-state index contributed by atoms with van der Waals surface area (Å²) in [5.74, 6) is 0.210. The Balaban J connectivity index is 1.55. The van der Waals surface area contributed by atoms with Gasteiger partial charge in [-0.25, -0.2) is 0 Å². The van der Waals surface area contributed by atoms with Crippen molar-refractivity contribution in [2.45, 2.75) is 45.7 Å². The van der Waals surface area contributed by atoms with Gasteiger partial charge in [0.05, 0.1) is 18.4 Å². The monoisotopic (exact) mass is 301 g/mol. The number of aryl methyl sites for hydroxylation is 3. The molecule has 0 unspecified atom stereocenters. The number of carbonyl (C=O) groups is 1. The maximum Gasteiger partial charge on any atom is 0.224 e. The molecular weight excluding hydrogens is 278 g/mol. The van der Waals surface area contributed by atoms with E-state index in [1.165, 1.54) is 0 Å². The SMILES string of the molecule is Cc1cnn(CCC(=O)N2CCC[C@@H](n3cc(C)cn3)C2)c1. The van der Waals surface area contributed by atoms with Crippen molar-refractivity contribution in [2.24, 2.45) is 0 Å². The van der Waals surface area contributed by atoms with Crippen molar-refractivity contribution < 1.29 is 4.79 Å². The molecular formula is C16H23N5O. The van der Waals surface area contributed by atoms with Crippen LogP contribution in [0.3, 0.4) is 0 Å². The first-order chi connectivity index (χ1) is 10.6. The van der Waals surface area contributed by atoms with Gasteiger partial charge in [-0.05, 0) is 37.8 Å². The highest BCUT2D eigenvalue weighted by Gasteiger charge is 2.24. The van der Waals surface area contributed by atoms with Gasteiger partial charge in [0.25, 0.3) is 0 Å². The molecule has 1 saturated heterocycles. The van der Waals surface area contributed by atoms with Gasteiger partial charge >= 0.3 is 0 Å². The summed E-state index contributed by atoms with van der Waals surface area (Å²) in [5.41, 5.74) is 2.29. The lowest BCUT2D eigenvalue weighted by Crippen LogP contribution is -2.41. The number of rotatable bonds is 4. The second kappa shape index (κ2) is 6.34. The molecule has 1 aliphatic heterocycles. The molecule has 0 N–H and O–H groups in total. The van der Waals surface area contributed by atoms with Crippen LogP contribution in [-0.2, 0) is 11.3 Å². The lowest BCUT2D eigenvalue weighted by atomic mass is 10.1. The van der Waals surface area contributed by atoms with Crippen LogP contribution in [0.4, 0.5) is 0 Å². The lowest BCUT2D eigenvalue weighted by Gasteiger charge is -2.33. The quantitative estimate of drug-likeness (QED) is 0.867. The third-order valence-corrected chi connectivity index (χ3v) is 4.17. The summed E-state index contributed by atoms with van der Waals surface area (Å²) in [6, 6.07) is 0.304. The number of likely N-dealkylation sites (tertiary alicyclic amines) is 1. The molecule has 118 valence electrons. The van der Waals surface area contributed by atoms with Gasteiger partial charge in [0.1, 0.15) is 0 Å². The van der Waals surface area contributed by atoms with Crippen LogP contribution in [0.15, 0.2) is 24.8 Å². The lowest BCUT2D eigenvalue weighted by molar-refractivity contribution is -0.133. The van der Waals surface area contributed by atoms with E-state index in [0.717, 1.165) is 37.1 Å². The van der Waals surface area contributed by atoms with Crippen molar-refractivity contribution >= 4 is 5.91 Å². The molecule has 1 amide bonds. The zero-order chi connectivity index (χ0) is 15.5.